The first-order valence-corrected chi connectivity index (χ1v) is 4.73. The lowest BCUT2D eigenvalue weighted by Gasteiger charge is -2.17. The van der Waals surface area contributed by atoms with E-state index in [0.717, 1.165) is 11.3 Å². The van der Waals surface area contributed by atoms with Gasteiger partial charge in [0.1, 0.15) is 0 Å². The van der Waals surface area contributed by atoms with Crippen molar-refractivity contribution >= 4 is 5.69 Å². The molecule has 0 radical (unpaired) electrons. The number of anilines is 1. The predicted molar refractivity (Wildman–Crippen MR) is 59.4 cm³/mol. The lowest BCUT2D eigenvalue weighted by molar-refractivity contribution is 0.164. The zero-order valence-electron chi connectivity index (χ0n) is 8.94. The summed E-state index contributed by atoms with van der Waals surface area (Å²) in [7, 11) is 3.98. The first-order chi connectivity index (χ1) is 6.52. The van der Waals surface area contributed by atoms with Gasteiger partial charge in [-0.1, -0.05) is 12.1 Å². The molecule has 0 heterocycles. The Morgan fingerprint density at radius 2 is 1.71 bits per heavy atom. The van der Waals surface area contributed by atoms with Crippen molar-refractivity contribution in [1.82, 2.24) is 0 Å². The van der Waals surface area contributed by atoms with Gasteiger partial charge in [0.2, 0.25) is 0 Å². The Balaban J connectivity index is 2.83. The normalized spacial score (nSPS) is 14.9. The van der Waals surface area contributed by atoms with E-state index < -0.39 is 6.10 Å². The minimum atomic E-state index is -0.514. The standard InChI is InChI=1S/C11H18N2O/c1-8(14)11(12)9-4-6-10(7-5-9)13(2)3/h4-8,11,14H,12H2,1-3H3/t8-,11+/m0/s1. The van der Waals surface area contributed by atoms with Crippen LogP contribution in [-0.4, -0.2) is 25.3 Å². The Bertz CT molecular complexity index is 280. The molecule has 0 bridgehead atoms. The maximum absolute atomic E-state index is 9.32. The van der Waals surface area contributed by atoms with E-state index in [-0.39, 0.29) is 6.04 Å². The van der Waals surface area contributed by atoms with Crippen molar-refractivity contribution in [2.24, 2.45) is 5.73 Å². The van der Waals surface area contributed by atoms with Crippen molar-refractivity contribution in [1.29, 1.82) is 0 Å². The molecule has 0 spiro atoms. The molecule has 0 unspecified atom stereocenters. The fraction of sp³-hybridized carbons (Fsp3) is 0.455. The van der Waals surface area contributed by atoms with Crippen LogP contribution in [0.4, 0.5) is 5.69 Å². The molecular formula is C11H18N2O. The van der Waals surface area contributed by atoms with E-state index in [4.69, 9.17) is 5.73 Å². The van der Waals surface area contributed by atoms with Gasteiger partial charge in [0.05, 0.1) is 12.1 Å². The molecule has 14 heavy (non-hydrogen) atoms. The van der Waals surface area contributed by atoms with Gasteiger partial charge in [-0.2, -0.15) is 0 Å². The van der Waals surface area contributed by atoms with E-state index in [1.807, 2.05) is 43.3 Å². The molecule has 0 aliphatic heterocycles. The van der Waals surface area contributed by atoms with Crippen molar-refractivity contribution in [3.63, 3.8) is 0 Å². The summed E-state index contributed by atoms with van der Waals surface area (Å²) in [4.78, 5) is 2.03. The average Bonchev–Trinajstić information content (AvgIpc) is 2.16. The van der Waals surface area contributed by atoms with Crippen molar-refractivity contribution in [2.45, 2.75) is 19.1 Å². The summed E-state index contributed by atoms with van der Waals surface area (Å²) in [5.41, 5.74) is 7.89. The predicted octanol–water partition coefficient (Wildman–Crippen LogP) is 1.13. The summed E-state index contributed by atoms with van der Waals surface area (Å²) in [5.74, 6) is 0. The highest BCUT2D eigenvalue weighted by atomic mass is 16.3. The van der Waals surface area contributed by atoms with Crippen LogP contribution in [0.1, 0.15) is 18.5 Å². The summed E-state index contributed by atoms with van der Waals surface area (Å²) >= 11 is 0. The van der Waals surface area contributed by atoms with Gasteiger partial charge in [-0.15, -0.1) is 0 Å². The third-order valence-electron chi connectivity index (χ3n) is 2.31. The molecule has 1 aromatic rings. The van der Waals surface area contributed by atoms with Gasteiger partial charge >= 0.3 is 0 Å². The summed E-state index contributed by atoms with van der Waals surface area (Å²) in [6.07, 6.45) is -0.514. The number of rotatable bonds is 3. The third-order valence-corrected chi connectivity index (χ3v) is 2.31. The minimum absolute atomic E-state index is 0.300. The lowest BCUT2D eigenvalue weighted by atomic mass is 10.0. The van der Waals surface area contributed by atoms with Crippen LogP contribution in [0.25, 0.3) is 0 Å². The van der Waals surface area contributed by atoms with Crippen molar-refractivity contribution in [3.05, 3.63) is 29.8 Å². The van der Waals surface area contributed by atoms with E-state index in [0.29, 0.717) is 0 Å². The molecular weight excluding hydrogens is 176 g/mol. The van der Waals surface area contributed by atoms with Gasteiger partial charge in [0, 0.05) is 19.8 Å². The second kappa shape index (κ2) is 4.44. The highest BCUT2D eigenvalue weighted by Crippen LogP contribution is 2.18. The first kappa shape index (κ1) is 11.0. The van der Waals surface area contributed by atoms with Crippen molar-refractivity contribution in [2.75, 3.05) is 19.0 Å². The van der Waals surface area contributed by atoms with Crippen LogP contribution in [-0.2, 0) is 0 Å². The number of aliphatic hydroxyl groups excluding tert-OH is 1. The van der Waals surface area contributed by atoms with Crippen molar-refractivity contribution < 1.29 is 5.11 Å². The zero-order valence-corrected chi connectivity index (χ0v) is 8.94. The maximum Gasteiger partial charge on any atom is 0.0704 e. The van der Waals surface area contributed by atoms with E-state index in [9.17, 15) is 5.11 Å². The molecule has 3 N–H and O–H groups in total. The van der Waals surface area contributed by atoms with Crippen LogP contribution in [0.2, 0.25) is 0 Å². The molecule has 0 aliphatic carbocycles. The number of nitrogens with two attached hydrogens (primary N) is 1. The SMILES string of the molecule is C[C@H](O)[C@@H](N)c1ccc(N(C)C)cc1. The Morgan fingerprint density at radius 3 is 2.07 bits per heavy atom. The van der Waals surface area contributed by atoms with Crippen LogP contribution in [0.15, 0.2) is 24.3 Å². The van der Waals surface area contributed by atoms with E-state index in [2.05, 4.69) is 0 Å². The number of aliphatic hydroxyl groups is 1. The molecule has 78 valence electrons. The first-order valence-electron chi connectivity index (χ1n) is 4.73. The molecule has 0 amide bonds. The van der Waals surface area contributed by atoms with E-state index >= 15 is 0 Å². The smallest absolute Gasteiger partial charge is 0.0704 e. The number of hydrogen-bond acceptors (Lipinski definition) is 3. The molecule has 1 rings (SSSR count). The highest BCUT2D eigenvalue weighted by Gasteiger charge is 2.11. The van der Waals surface area contributed by atoms with Crippen molar-refractivity contribution in [3.8, 4) is 0 Å². The Kier molecular flexibility index (Phi) is 3.49. The van der Waals surface area contributed by atoms with Gasteiger partial charge in [-0.3, -0.25) is 0 Å². The Hall–Kier alpha value is -1.06. The maximum atomic E-state index is 9.32. The second-order valence-electron chi connectivity index (χ2n) is 3.75. The summed E-state index contributed by atoms with van der Waals surface area (Å²) in [6.45, 7) is 1.70. The fourth-order valence-electron chi connectivity index (χ4n) is 1.27. The van der Waals surface area contributed by atoms with Crippen LogP contribution in [0, 0.1) is 0 Å². The van der Waals surface area contributed by atoms with E-state index in [1.54, 1.807) is 6.92 Å². The van der Waals surface area contributed by atoms with Crippen LogP contribution >= 0.6 is 0 Å². The average molecular weight is 194 g/mol. The van der Waals surface area contributed by atoms with Crippen LogP contribution < -0.4 is 10.6 Å². The molecule has 0 saturated heterocycles. The molecule has 3 nitrogen and oxygen atoms in total. The van der Waals surface area contributed by atoms with Gasteiger partial charge in [0.25, 0.3) is 0 Å². The van der Waals surface area contributed by atoms with Crippen LogP contribution in [0.3, 0.4) is 0 Å². The molecule has 1 aromatic carbocycles. The molecule has 2 atom stereocenters. The van der Waals surface area contributed by atoms with Gasteiger partial charge in [-0.25, -0.2) is 0 Å². The molecule has 3 heteroatoms. The summed E-state index contributed by atoms with van der Waals surface area (Å²) in [5, 5.41) is 9.32. The van der Waals surface area contributed by atoms with Gasteiger partial charge in [0.15, 0.2) is 0 Å². The zero-order chi connectivity index (χ0) is 10.7. The third kappa shape index (κ3) is 2.47. The molecule has 0 saturated carbocycles. The number of benzene rings is 1. The monoisotopic (exact) mass is 194 g/mol. The van der Waals surface area contributed by atoms with Gasteiger partial charge < -0.3 is 15.7 Å². The Morgan fingerprint density at radius 1 is 1.21 bits per heavy atom. The topological polar surface area (TPSA) is 49.5 Å². The highest BCUT2D eigenvalue weighted by molar-refractivity contribution is 5.46. The molecule has 0 aromatic heterocycles. The lowest BCUT2D eigenvalue weighted by Crippen LogP contribution is -2.23. The van der Waals surface area contributed by atoms with Gasteiger partial charge in [-0.05, 0) is 24.6 Å². The molecule has 0 fully saturated rings. The summed E-state index contributed by atoms with van der Waals surface area (Å²) < 4.78 is 0. The number of hydrogen-bond donors (Lipinski definition) is 2. The van der Waals surface area contributed by atoms with Crippen LogP contribution in [0.5, 0.6) is 0 Å². The Labute approximate surface area is 85.2 Å². The fourth-order valence-corrected chi connectivity index (χ4v) is 1.27. The largest absolute Gasteiger partial charge is 0.391 e. The second-order valence-corrected chi connectivity index (χ2v) is 3.75. The quantitative estimate of drug-likeness (QED) is 0.758. The van der Waals surface area contributed by atoms with E-state index in [1.165, 1.54) is 0 Å². The summed E-state index contributed by atoms with van der Waals surface area (Å²) in [6, 6.07) is 7.60. The molecule has 0 aliphatic rings. The number of nitrogens with zero attached hydrogens (tertiary/aromatic N) is 1. The minimum Gasteiger partial charge on any atom is -0.391 e.